The molecule has 7 nitrogen and oxygen atoms in total. The number of methoxy groups -OCH3 is 1. The molecule has 0 aliphatic carbocycles. The first kappa shape index (κ1) is 66.3. The van der Waals surface area contributed by atoms with Gasteiger partial charge in [-0.2, -0.15) is 0 Å². The van der Waals surface area contributed by atoms with E-state index in [9.17, 15) is 10.2 Å². The van der Waals surface area contributed by atoms with Gasteiger partial charge in [-0.3, -0.25) is 0 Å². The van der Waals surface area contributed by atoms with Gasteiger partial charge in [0.15, 0.2) is 0 Å². The van der Waals surface area contributed by atoms with Crippen molar-refractivity contribution in [3.63, 3.8) is 0 Å². The van der Waals surface area contributed by atoms with Crippen molar-refractivity contribution in [2.45, 2.75) is 204 Å². The summed E-state index contributed by atoms with van der Waals surface area (Å²) in [5.74, 6) is -0.938. The molecule has 2 aromatic heterocycles. The molecule has 0 aliphatic rings. The van der Waals surface area contributed by atoms with Crippen LogP contribution >= 0.6 is 0 Å². The second-order valence-corrected chi connectivity index (χ2v) is 33.7. The maximum atomic E-state index is 16.2. The summed E-state index contributed by atoms with van der Waals surface area (Å²) in [5.41, 5.74) is 11.0. The number of nitrogens with zero attached hydrogens (tertiary/aromatic N) is 2. The van der Waals surface area contributed by atoms with Crippen molar-refractivity contribution in [3.05, 3.63) is 178 Å². The van der Waals surface area contributed by atoms with E-state index in [1.807, 2.05) is 12.1 Å². The summed E-state index contributed by atoms with van der Waals surface area (Å²) in [6.45, 7) is 47.3. The van der Waals surface area contributed by atoms with Crippen molar-refractivity contribution in [2.24, 2.45) is 10.8 Å². The van der Waals surface area contributed by atoms with Crippen molar-refractivity contribution >= 4 is 43.6 Å². The van der Waals surface area contributed by atoms with Crippen molar-refractivity contribution in [3.8, 4) is 56.6 Å². The summed E-state index contributed by atoms with van der Waals surface area (Å²) in [7, 11) is 1.43. The standard InChI is InChI=1S/C82H98F2N2O5/c1-75(2,3)46-81(19,20)52-40-62(72(87)68(42-52)85-64-30-24-48(77(7,8)9)36-56(64)57-37-49(78(10,11)12)25-31-65(57)85)60-44-54(83)28-34-70(60)90-74(89-23)91-71-35-29-55(84)45-61(71)63-41-53(82(21,22)47-76(4,5)6)43-69(73(63)88)86-66-32-26-50(79(13,14)15)38-58(66)59-39-51(80(16,17)18)27-33-67(59)86/h24-45,74,87-88H,46-47H2,1-23H3. The van der Waals surface area contributed by atoms with Crippen LogP contribution < -0.4 is 9.47 Å². The molecule has 0 saturated heterocycles. The van der Waals surface area contributed by atoms with E-state index >= 15 is 8.78 Å². The molecule has 10 rings (SSSR count). The number of ether oxygens (including phenoxy) is 3. The zero-order valence-corrected chi connectivity index (χ0v) is 58.5. The third-order valence-corrected chi connectivity index (χ3v) is 18.3. The van der Waals surface area contributed by atoms with Crippen LogP contribution in [0.4, 0.5) is 8.78 Å². The number of halogens is 2. The molecule has 0 aliphatic heterocycles. The highest BCUT2D eigenvalue weighted by molar-refractivity contribution is 6.11. The van der Waals surface area contributed by atoms with Crippen LogP contribution in [-0.2, 0) is 37.2 Å². The Labute approximate surface area is 540 Å². The molecule has 0 radical (unpaired) electrons. The summed E-state index contributed by atoms with van der Waals surface area (Å²) >= 11 is 0. The Morgan fingerprint density at radius 2 is 0.637 bits per heavy atom. The van der Waals surface area contributed by atoms with E-state index in [4.69, 9.17) is 14.2 Å². The summed E-state index contributed by atoms with van der Waals surface area (Å²) in [6, 6.07) is 42.9. The molecule has 2 N–H and O–H groups in total. The minimum atomic E-state index is -1.52. The monoisotopic (exact) mass is 1230 g/mol. The zero-order valence-electron chi connectivity index (χ0n) is 58.5. The molecule has 0 unspecified atom stereocenters. The Hall–Kier alpha value is -7.62. The Kier molecular flexibility index (Phi) is 16.7. The molecule has 0 spiro atoms. The molecular weight excluding hydrogens is 1130 g/mol. The van der Waals surface area contributed by atoms with Crippen LogP contribution in [0.5, 0.6) is 23.0 Å². The molecule has 2 heterocycles. The molecule has 480 valence electrons. The number of hydrogen-bond acceptors (Lipinski definition) is 5. The predicted octanol–water partition coefficient (Wildman–Crippen LogP) is 22.9. The number of hydrogen-bond donors (Lipinski definition) is 2. The number of phenols is 2. The van der Waals surface area contributed by atoms with Crippen LogP contribution in [0, 0.1) is 22.5 Å². The first-order valence-corrected chi connectivity index (χ1v) is 32.3. The zero-order chi connectivity index (χ0) is 66.8. The van der Waals surface area contributed by atoms with Gasteiger partial charge in [0.05, 0.1) is 33.4 Å². The van der Waals surface area contributed by atoms with Crippen molar-refractivity contribution < 1.29 is 33.2 Å². The third-order valence-electron chi connectivity index (χ3n) is 18.3. The van der Waals surface area contributed by atoms with Crippen LogP contribution in [-0.4, -0.2) is 32.9 Å². The fourth-order valence-electron chi connectivity index (χ4n) is 14.0. The van der Waals surface area contributed by atoms with E-state index in [1.54, 1.807) is 0 Å². The molecular formula is C82H98F2N2O5. The summed E-state index contributed by atoms with van der Waals surface area (Å²) < 4.78 is 56.4. The molecule has 0 amide bonds. The van der Waals surface area contributed by atoms with E-state index in [0.29, 0.717) is 22.5 Å². The Bertz CT molecular complexity index is 4030. The van der Waals surface area contributed by atoms with E-state index in [2.05, 4.69) is 246 Å². The summed E-state index contributed by atoms with van der Waals surface area (Å²) in [6.07, 6.45) is 1.58. The summed E-state index contributed by atoms with van der Waals surface area (Å²) in [4.78, 5) is 0. The van der Waals surface area contributed by atoms with Gasteiger partial charge < -0.3 is 33.6 Å². The van der Waals surface area contributed by atoms with Crippen molar-refractivity contribution in [1.82, 2.24) is 9.13 Å². The lowest BCUT2D eigenvalue weighted by Crippen LogP contribution is -2.27. The highest BCUT2D eigenvalue weighted by Crippen LogP contribution is 2.51. The van der Waals surface area contributed by atoms with Gasteiger partial charge in [-0.25, -0.2) is 8.78 Å². The van der Waals surface area contributed by atoms with Crippen LogP contribution in [0.1, 0.15) is 199 Å². The largest absolute Gasteiger partial charge is 0.505 e. The number of aromatic hydroxyl groups is 2. The smallest absolute Gasteiger partial charge is 0.360 e. The van der Waals surface area contributed by atoms with Crippen molar-refractivity contribution in [2.75, 3.05) is 7.11 Å². The lowest BCUT2D eigenvalue weighted by atomic mass is 9.71. The SMILES string of the molecule is COC(Oc1ccc(F)cc1-c1cc(C(C)(C)CC(C)(C)C)cc(-n2c3ccc(C(C)(C)C)cc3c3cc(C(C)(C)C)ccc32)c1O)Oc1ccc(F)cc1-c1cc(C(C)(C)CC(C)(C)C)cc(-n2c3ccc(C(C)(C)C)cc3c3cc(C(C)(C)C)ccc32)c1O. The lowest BCUT2D eigenvalue weighted by Gasteiger charge is -2.34. The molecule has 91 heavy (non-hydrogen) atoms. The van der Waals surface area contributed by atoms with Gasteiger partial charge in [-0.05, 0) is 199 Å². The highest BCUT2D eigenvalue weighted by atomic mass is 19.1. The molecule has 8 aromatic carbocycles. The molecule has 9 heteroatoms. The fraction of sp³-hybridized carbons (Fsp3) is 0.415. The van der Waals surface area contributed by atoms with Gasteiger partial charge in [-0.1, -0.05) is 177 Å². The maximum Gasteiger partial charge on any atom is 0.360 e. The predicted molar refractivity (Wildman–Crippen MR) is 377 cm³/mol. The van der Waals surface area contributed by atoms with Gasteiger partial charge >= 0.3 is 6.48 Å². The van der Waals surface area contributed by atoms with Crippen LogP contribution in [0.3, 0.4) is 0 Å². The highest BCUT2D eigenvalue weighted by Gasteiger charge is 2.35. The van der Waals surface area contributed by atoms with Gasteiger partial charge in [-0.15, -0.1) is 0 Å². The number of rotatable bonds is 13. The minimum absolute atomic E-state index is 0.0758. The fourth-order valence-corrected chi connectivity index (χ4v) is 14.0. The van der Waals surface area contributed by atoms with Gasteiger partial charge in [0.1, 0.15) is 34.6 Å². The number of fused-ring (bicyclic) bond motifs is 6. The number of benzene rings is 8. The quantitative estimate of drug-likeness (QED) is 0.113. The van der Waals surface area contributed by atoms with E-state index in [1.165, 1.54) is 65.8 Å². The Morgan fingerprint density at radius 1 is 0.352 bits per heavy atom. The van der Waals surface area contributed by atoms with Crippen LogP contribution in [0.15, 0.2) is 133 Å². The first-order chi connectivity index (χ1) is 41.9. The Balaban J connectivity index is 1.15. The topological polar surface area (TPSA) is 78.0 Å². The van der Waals surface area contributed by atoms with Gasteiger partial charge in [0.2, 0.25) is 0 Å². The molecule has 10 aromatic rings. The van der Waals surface area contributed by atoms with E-state index in [0.717, 1.165) is 67.6 Å². The van der Waals surface area contributed by atoms with E-state index < -0.39 is 28.9 Å². The first-order valence-electron chi connectivity index (χ1n) is 32.3. The maximum absolute atomic E-state index is 16.2. The number of aromatic nitrogens is 2. The normalized spacial score (nSPS) is 13.4. The third kappa shape index (κ3) is 13.3. The van der Waals surface area contributed by atoms with E-state index in [-0.39, 0.29) is 66.6 Å². The number of phenolic OH excluding ortho intramolecular Hbond substituents is 2. The average Bonchev–Trinajstić information content (AvgIpc) is 1.63. The van der Waals surface area contributed by atoms with Gasteiger partial charge in [0, 0.05) is 50.9 Å². The van der Waals surface area contributed by atoms with Gasteiger partial charge in [0.25, 0.3) is 0 Å². The molecule has 0 fully saturated rings. The Morgan fingerprint density at radius 3 is 0.890 bits per heavy atom. The van der Waals surface area contributed by atoms with Crippen LogP contribution in [0.25, 0.3) is 77.2 Å². The summed E-state index contributed by atoms with van der Waals surface area (Å²) in [5, 5.41) is 30.6. The molecule has 0 bridgehead atoms. The minimum Gasteiger partial charge on any atom is -0.505 e. The lowest BCUT2D eigenvalue weighted by molar-refractivity contribution is -0.181. The second-order valence-electron chi connectivity index (χ2n) is 33.7. The molecule has 0 atom stereocenters. The average molecular weight is 1230 g/mol. The van der Waals surface area contributed by atoms with Crippen LogP contribution in [0.2, 0.25) is 0 Å². The second kappa shape index (κ2) is 22.9. The van der Waals surface area contributed by atoms with Crippen molar-refractivity contribution in [1.29, 1.82) is 0 Å². The molecule has 0 saturated carbocycles.